The third-order valence-electron chi connectivity index (χ3n) is 1.93. The van der Waals surface area contributed by atoms with Gasteiger partial charge in [-0.15, -0.1) is 11.3 Å². The van der Waals surface area contributed by atoms with Crippen molar-refractivity contribution in [3.05, 3.63) is 21.3 Å². The van der Waals surface area contributed by atoms with Gasteiger partial charge in [0.05, 0.1) is 16.5 Å². The van der Waals surface area contributed by atoms with E-state index < -0.39 is 6.10 Å². The van der Waals surface area contributed by atoms with Gasteiger partial charge in [0.2, 0.25) is 0 Å². The molecule has 2 atom stereocenters. The number of thiophene rings is 1. The molecule has 0 aliphatic heterocycles. The van der Waals surface area contributed by atoms with Crippen LogP contribution in [0, 0.1) is 0 Å². The van der Waals surface area contributed by atoms with E-state index in [4.69, 9.17) is 16.7 Å². The van der Waals surface area contributed by atoms with Gasteiger partial charge in [0.25, 0.3) is 0 Å². The zero-order chi connectivity index (χ0) is 12.1. The Balaban J connectivity index is 2.39. The number of hydrogen-bond acceptors (Lipinski definition) is 3. The summed E-state index contributed by atoms with van der Waals surface area (Å²) in [6.07, 6.45) is -0.544. The molecule has 1 heterocycles. The van der Waals surface area contributed by atoms with Crippen LogP contribution in [0.5, 0.6) is 0 Å². The van der Waals surface area contributed by atoms with E-state index in [-0.39, 0.29) is 18.6 Å². The zero-order valence-corrected chi connectivity index (χ0v) is 10.7. The van der Waals surface area contributed by atoms with E-state index in [2.05, 4.69) is 10.6 Å². The molecule has 0 aromatic carbocycles. The minimum absolute atomic E-state index is 0.0912. The highest BCUT2D eigenvalue weighted by Crippen LogP contribution is 2.26. The molecule has 0 radical (unpaired) electrons. The van der Waals surface area contributed by atoms with Crippen molar-refractivity contribution in [2.24, 2.45) is 0 Å². The molecule has 90 valence electrons. The summed E-state index contributed by atoms with van der Waals surface area (Å²) in [6, 6.07) is 3.30. The van der Waals surface area contributed by atoms with Gasteiger partial charge in [-0.2, -0.15) is 0 Å². The average molecular weight is 263 g/mol. The number of nitrogens with one attached hydrogen (secondary N) is 2. The molecule has 0 fully saturated rings. The zero-order valence-electron chi connectivity index (χ0n) is 9.16. The summed E-state index contributed by atoms with van der Waals surface area (Å²) in [6.45, 7) is 3.73. The summed E-state index contributed by atoms with van der Waals surface area (Å²) in [5.74, 6) is 0. The highest BCUT2D eigenvalue weighted by atomic mass is 35.5. The highest BCUT2D eigenvalue weighted by Gasteiger charge is 2.11. The summed E-state index contributed by atoms with van der Waals surface area (Å²) in [4.78, 5) is 12.4. The van der Waals surface area contributed by atoms with Crippen molar-refractivity contribution in [3.8, 4) is 0 Å². The SMILES string of the molecule is C[C@@H](O)CNC(=O)N[C@H](C)c1ccc(Cl)s1. The molecule has 16 heavy (non-hydrogen) atoms. The fourth-order valence-electron chi connectivity index (χ4n) is 1.12. The van der Waals surface area contributed by atoms with Crippen LogP contribution >= 0.6 is 22.9 Å². The molecule has 2 amide bonds. The lowest BCUT2D eigenvalue weighted by atomic mass is 10.3. The van der Waals surface area contributed by atoms with Crippen molar-refractivity contribution < 1.29 is 9.90 Å². The van der Waals surface area contributed by atoms with Gasteiger partial charge in [0.15, 0.2) is 0 Å². The van der Waals surface area contributed by atoms with Crippen molar-refractivity contribution in [2.45, 2.75) is 26.0 Å². The van der Waals surface area contributed by atoms with E-state index in [0.717, 1.165) is 4.88 Å². The number of halogens is 1. The molecule has 0 saturated heterocycles. The second-order valence-corrected chi connectivity index (χ2v) is 5.31. The first-order chi connectivity index (χ1) is 7.49. The van der Waals surface area contributed by atoms with Gasteiger partial charge in [0, 0.05) is 11.4 Å². The van der Waals surface area contributed by atoms with Crippen LogP contribution in [0.4, 0.5) is 4.79 Å². The van der Waals surface area contributed by atoms with Crippen molar-refractivity contribution >= 4 is 29.0 Å². The predicted octanol–water partition coefficient (Wildman–Crippen LogP) is 2.14. The lowest BCUT2D eigenvalue weighted by Crippen LogP contribution is -2.39. The summed E-state index contributed by atoms with van der Waals surface area (Å²) in [7, 11) is 0. The van der Waals surface area contributed by atoms with Crippen LogP contribution in [0.3, 0.4) is 0 Å². The van der Waals surface area contributed by atoms with Crippen LogP contribution in [0.15, 0.2) is 12.1 Å². The van der Waals surface area contributed by atoms with Crippen LogP contribution in [0.2, 0.25) is 4.34 Å². The molecular weight excluding hydrogens is 248 g/mol. The number of hydrogen-bond donors (Lipinski definition) is 3. The van der Waals surface area contributed by atoms with Crippen molar-refractivity contribution in [2.75, 3.05) is 6.54 Å². The van der Waals surface area contributed by atoms with E-state index in [1.165, 1.54) is 11.3 Å². The number of carbonyl (C=O) groups excluding carboxylic acids is 1. The van der Waals surface area contributed by atoms with Crippen LogP contribution in [0.1, 0.15) is 24.8 Å². The Bertz CT molecular complexity index is 354. The van der Waals surface area contributed by atoms with E-state index in [1.54, 1.807) is 13.0 Å². The third kappa shape index (κ3) is 4.38. The van der Waals surface area contributed by atoms with Crippen molar-refractivity contribution in [1.82, 2.24) is 10.6 Å². The number of amides is 2. The second kappa shape index (κ2) is 6.08. The maximum absolute atomic E-state index is 11.4. The van der Waals surface area contributed by atoms with Crippen LogP contribution in [-0.2, 0) is 0 Å². The summed E-state index contributed by atoms with van der Waals surface area (Å²) in [5.41, 5.74) is 0. The standard InChI is InChI=1S/C10H15ClN2O2S/c1-6(14)5-12-10(15)13-7(2)8-3-4-9(11)16-8/h3-4,6-7,14H,5H2,1-2H3,(H2,12,13,15)/t6-,7-/m1/s1. The molecule has 1 aromatic heterocycles. The Morgan fingerprint density at radius 3 is 2.75 bits per heavy atom. The first-order valence-corrected chi connectivity index (χ1v) is 6.16. The van der Waals surface area contributed by atoms with Crippen LogP contribution in [-0.4, -0.2) is 23.8 Å². The van der Waals surface area contributed by atoms with Gasteiger partial charge in [-0.25, -0.2) is 4.79 Å². The topological polar surface area (TPSA) is 61.4 Å². The Morgan fingerprint density at radius 1 is 1.56 bits per heavy atom. The molecule has 0 aliphatic carbocycles. The van der Waals surface area contributed by atoms with Gasteiger partial charge in [0.1, 0.15) is 0 Å². The lowest BCUT2D eigenvalue weighted by Gasteiger charge is -2.13. The number of urea groups is 1. The smallest absolute Gasteiger partial charge is 0.315 e. The summed E-state index contributed by atoms with van der Waals surface area (Å²) in [5, 5.41) is 14.3. The fraction of sp³-hybridized carbons (Fsp3) is 0.500. The molecule has 6 heteroatoms. The summed E-state index contributed by atoms with van der Waals surface area (Å²) >= 11 is 7.24. The molecule has 1 aromatic rings. The third-order valence-corrected chi connectivity index (χ3v) is 3.34. The molecule has 0 saturated carbocycles. The first kappa shape index (κ1) is 13.3. The van der Waals surface area contributed by atoms with E-state index in [1.807, 2.05) is 13.0 Å². The molecule has 3 N–H and O–H groups in total. The molecule has 0 aliphatic rings. The van der Waals surface area contributed by atoms with Gasteiger partial charge < -0.3 is 15.7 Å². The monoisotopic (exact) mass is 262 g/mol. The molecular formula is C10H15ClN2O2S. The number of aliphatic hydroxyl groups is 1. The molecule has 0 bridgehead atoms. The van der Waals surface area contributed by atoms with Crippen LogP contribution < -0.4 is 10.6 Å². The first-order valence-electron chi connectivity index (χ1n) is 4.96. The minimum atomic E-state index is -0.544. The lowest BCUT2D eigenvalue weighted by molar-refractivity contribution is 0.187. The highest BCUT2D eigenvalue weighted by molar-refractivity contribution is 7.16. The number of aliphatic hydroxyl groups excluding tert-OH is 1. The normalized spacial score (nSPS) is 14.2. The van der Waals surface area contributed by atoms with Gasteiger partial charge >= 0.3 is 6.03 Å². The van der Waals surface area contributed by atoms with Gasteiger partial charge in [-0.1, -0.05) is 11.6 Å². The van der Waals surface area contributed by atoms with E-state index in [0.29, 0.717) is 4.34 Å². The Labute approximate surface area is 104 Å². The molecule has 1 rings (SSSR count). The van der Waals surface area contributed by atoms with Crippen molar-refractivity contribution in [1.29, 1.82) is 0 Å². The predicted molar refractivity (Wildman–Crippen MR) is 66.0 cm³/mol. The van der Waals surface area contributed by atoms with E-state index >= 15 is 0 Å². The van der Waals surface area contributed by atoms with Gasteiger partial charge in [-0.05, 0) is 26.0 Å². The largest absolute Gasteiger partial charge is 0.392 e. The quantitative estimate of drug-likeness (QED) is 0.779. The maximum atomic E-state index is 11.4. The van der Waals surface area contributed by atoms with Gasteiger partial charge in [-0.3, -0.25) is 0 Å². The minimum Gasteiger partial charge on any atom is -0.392 e. The van der Waals surface area contributed by atoms with E-state index in [9.17, 15) is 4.79 Å². The fourth-order valence-corrected chi connectivity index (χ4v) is 2.18. The maximum Gasteiger partial charge on any atom is 0.315 e. The van der Waals surface area contributed by atoms with Crippen molar-refractivity contribution in [3.63, 3.8) is 0 Å². The Kier molecular flexibility index (Phi) is 5.05. The number of rotatable bonds is 4. The molecule has 0 spiro atoms. The molecule has 4 nitrogen and oxygen atoms in total. The Morgan fingerprint density at radius 2 is 2.25 bits per heavy atom. The average Bonchev–Trinajstić information content (AvgIpc) is 2.62. The molecule has 0 unspecified atom stereocenters. The second-order valence-electron chi connectivity index (χ2n) is 3.57. The Hall–Kier alpha value is -0.780. The van der Waals surface area contributed by atoms with Crippen LogP contribution in [0.25, 0.3) is 0 Å². The number of carbonyl (C=O) groups is 1. The summed E-state index contributed by atoms with van der Waals surface area (Å²) < 4.78 is 0.702.